The third kappa shape index (κ3) is 4.40. The fraction of sp³-hybridized carbons (Fsp3) is 1.00. The second-order valence-corrected chi connectivity index (χ2v) is 4.02. The summed E-state index contributed by atoms with van der Waals surface area (Å²) < 4.78 is 5.76. The van der Waals surface area contributed by atoms with Crippen LogP contribution in [-0.4, -0.2) is 50.8 Å². The maximum absolute atomic E-state index is 5.76. The zero-order chi connectivity index (χ0) is 10.2. The molecule has 3 heteroatoms. The highest BCUT2D eigenvalue weighted by Gasteiger charge is 2.18. The average molecular weight is 200 g/mol. The fourth-order valence-electron chi connectivity index (χ4n) is 1.94. The molecule has 84 valence electrons. The first kappa shape index (κ1) is 12.0. The van der Waals surface area contributed by atoms with Gasteiger partial charge in [-0.3, -0.25) is 0 Å². The largest absolute Gasteiger partial charge is 0.377 e. The number of hydrogen-bond donors (Lipinski definition) is 1. The molecule has 1 N–H and O–H groups in total. The van der Waals surface area contributed by atoms with Gasteiger partial charge in [-0.15, -0.1) is 0 Å². The molecular formula is C11H24N2O. The van der Waals surface area contributed by atoms with E-state index in [-0.39, 0.29) is 0 Å². The van der Waals surface area contributed by atoms with E-state index in [1.165, 1.54) is 38.9 Å². The second-order valence-electron chi connectivity index (χ2n) is 4.02. The van der Waals surface area contributed by atoms with Gasteiger partial charge in [0.05, 0.1) is 12.7 Å². The van der Waals surface area contributed by atoms with Gasteiger partial charge in [0.1, 0.15) is 0 Å². The molecule has 0 aromatic carbocycles. The third-order valence-electron chi connectivity index (χ3n) is 2.78. The molecule has 14 heavy (non-hydrogen) atoms. The number of nitrogens with zero attached hydrogens (tertiary/aromatic N) is 1. The Morgan fingerprint density at radius 3 is 2.64 bits per heavy atom. The van der Waals surface area contributed by atoms with E-state index in [1.54, 1.807) is 0 Å². The minimum absolute atomic E-state index is 0.511. The van der Waals surface area contributed by atoms with Crippen LogP contribution in [-0.2, 0) is 4.74 Å². The Morgan fingerprint density at radius 1 is 1.36 bits per heavy atom. The molecule has 1 fully saturated rings. The van der Waals surface area contributed by atoms with Crippen molar-refractivity contribution in [3.05, 3.63) is 0 Å². The Labute approximate surface area is 87.8 Å². The van der Waals surface area contributed by atoms with Crippen molar-refractivity contribution in [1.82, 2.24) is 10.2 Å². The van der Waals surface area contributed by atoms with Gasteiger partial charge in [-0.1, -0.05) is 6.92 Å². The van der Waals surface area contributed by atoms with Gasteiger partial charge in [-0.05, 0) is 32.9 Å². The maximum Gasteiger partial charge on any atom is 0.0600 e. The van der Waals surface area contributed by atoms with Crippen LogP contribution >= 0.6 is 0 Å². The molecule has 0 saturated carbocycles. The Bertz CT molecular complexity index is 133. The molecule has 0 bridgehead atoms. The lowest BCUT2D eigenvalue weighted by atomic mass is 10.1. The van der Waals surface area contributed by atoms with E-state index in [2.05, 4.69) is 17.1 Å². The first-order valence-corrected chi connectivity index (χ1v) is 5.85. The molecule has 0 atom stereocenters. The normalized spacial score (nSPS) is 20.1. The standard InChI is InChI=1S/C11H24N2O/c1-3-7-13-8-4-11(5-9-13)14-10-6-12-2/h11-12H,3-10H2,1-2H3. The van der Waals surface area contributed by atoms with Gasteiger partial charge in [0.15, 0.2) is 0 Å². The van der Waals surface area contributed by atoms with Gasteiger partial charge in [-0.2, -0.15) is 0 Å². The molecule has 3 nitrogen and oxygen atoms in total. The summed E-state index contributed by atoms with van der Waals surface area (Å²) in [7, 11) is 1.97. The summed E-state index contributed by atoms with van der Waals surface area (Å²) in [5.74, 6) is 0. The first-order chi connectivity index (χ1) is 6.86. The molecule has 1 heterocycles. The Morgan fingerprint density at radius 2 is 2.07 bits per heavy atom. The quantitative estimate of drug-likeness (QED) is 0.650. The van der Waals surface area contributed by atoms with E-state index in [4.69, 9.17) is 4.74 Å². The summed E-state index contributed by atoms with van der Waals surface area (Å²) >= 11 is 0. The number of piperidine rings is 1. The minimum Gasteiger partial charge on any atom is -0.377 e. The molecule has 0 spiro atoms. The fourth-order valence-corrected chi connectivity index (χ4v) is 1.94. The highest BCUT2D eigenvalue weighted by molar-refractivity contribution is 4.72. The lowest BCUT2D eigenvalue weighted by molar-refractivity contribution is 0.00974. The summed E-state index contributed by atoms with van der Waals surface area (Å²) in [5, 5.41) is 3.10. The van der Waals surface area contributed by atoms with E-state index in [0.29, 0.717) is 6.10 Å². The zero-order valence-electron chi connectivity index (χ0n) is 9.59. The molecule has 0 amide bonds. The number of likely N-dealkylation sites (N-methyl/N-ethyl adjacent to an activating group) is 1. The van der Waals surface area contributed by atoms with E-state index >= 15 is 0 Å². The van der Waals surface area contributed by atoms with Crippen molar-refractivity contribution in [3.63, 3.8) is 0 Å². The second kappa shape index (κ2) is 7.21. The maximum atomic E-state index is 5.76. The van der Waals surface area contributed by atoms with Crippen molar-refractivity contribution in [2.24, 2.45) is 0 Å². The van der Waals surface area contributed by atoms with Gasteiger partial charge in [0, 0.05) is 19.6 Å². The Balaban J connectivity index is 2.03. The van der Waals surface area contributed by atoms with Crippen molar-refractivity contribution in [1.29, 1.82) is 0 Å². The molecule has 1 aliphatic heterocycles. The number of rotatable bonds is 6. The van der Waals surface area contributed by atoms with Gasteiger partial charge in [-0.25, -0.2) is 0 Å². The van der Waals surface area contributed by atoms with E-state index in [1.807, 2.05) is 7.05 Å². The van der Waals surface area contributed by atoms with Crippen molar-refractivity contribution in [2.75, 3.05) is 39.8 Å². The van der Waals surface area contributed by atoms with Crippen LogP contribution in [0.3, 0.4) is 0 Å². The summed E-state index contributed by atoms with van der Waals surface area (Å²) in [4.78, 5) is 2.54. The molecule has 0 aliphatic carbocycles. The van der Waals surface area contributed by atoms with Crippen LogP contribution in [0.25, 0.3) is 0 Å². The van der Waals surface area contributed by atoms with E-state index < -0.39 is 0 Å². The summed E-state index contributed by atoms with van der Waals surface area (Å²) in [5.41, 5.74) is 0. The first-order valence-electron chi connectivity index (χ1n) is 5.85. The topological polar surface area (TPSA) is 24.5 Å². The van der Waals surface area contributed by atoms with E-state index in [9.17, 15) is 0 Å². The predicted molar refractivity (Wildman–Crippen MR) is 59.6 cm³/mol. The van der Waals surface area contributed by atoms with E-state index in [0.717, 1.165) is 13.2 Å². The molecule has 1 saturated heterocycles. The third-order valence-corrected chi connectivity index (χ3v) is 2.78. The molecule has 1 aliphatic rings. The van der Waals surface area contributed by atoms with Crippen LogP contribution in [0.5, 0.6) is 0 Å². The molecule has 1 rings (SSSR count). The lowest BCUT2D eigenvalue weighted by Crippen LogP contribution is -2.38. The monoisotopic (exact) mass is 200 g/mol. The zero-order valence-corrected chi connectivity index (χ0v) is 9.59. The lowest BCUT2D eigenvalue weighted by Gasteiger charge is -2.31. The predicted octanol–water partition coefficient (Wildman–Crippen LogP) is 1.10. The van der Waals surface area contributed by atoms with Gasteiger partial charge in [0.25, 0.3) is 0 Å². The number of likely N-dealkylation sites (tertiary alicyclic amines) is 1. The van der Waals surface area contributed by atoms with Crippen molar-refractivity contribution in [3.8, 4) is 0 Å². The van der Waals surface area contributed by atoms with Gasteiger partial charge >= 0.3 is 0 Å². The Kier molecular flexibility index (Phi) is 6.15. The number of hydrogen-bond acceptors (Lipinski definition) is 3. The van der Waals surface area contributed by atoms with Gasteiger partial charge in [0.2, 0.25) is 0 Å². The minimum atomic E-state index is 0.511. The van der Waals surface area contributed by atoms with Crippen LogP contribution in [0.2, 0.25) is 0 Å². The summed E-state index contributed by atoms with van der Waals surface area (Å²) in [6.07, 6.45) is 4.20. The smallest absolute Gasteiger partial charge is 0.0600 e. The number of nitrogens with one attached hydrogen (secondary N) is 1. The molecule has 0 unspecified atom stereocenters. The van der Waals surface area contributed by atoms with Crippen molar-refractivity contribution in [2.45, 2.75) is 32.3 Å². The van der Waals surface area contributed by atoms with Gasteiger partial charge < -0.3 is 15.0 Å². The summed E-state index contributed by atoms with van der Waals surface area (Å²) in [6.45, 7) is 7.76. The highest BCUT2D eigenvalue weighted by atomic mass is 16.5. The van der Waals surface area contributed by atoms with Crippen LogP contribution in [0, 0.1) is 0 Å². The van der Waals surface area contributed by atoms with Crippen molar-refractivity contribution >= 4 is 0 Å². The van der Waals surface area contributed by atoms with Crippen LogP contribution in [0.15, 0.2) is 0 Å². The molecule has 0 aromatic rings. The molecule has 0 aromatic heterocycles. The average Bonchev–Trinajstić information content (AvgIpc) is 2.21. The van der Waals surface area contributed by atoms with Crippen molar-refractivity contribution < 1.29 is 4.74 Å². The summed E-state index contributed by atoms with van der Waals surface area (Å²) in [6, 6.07) is 0. The van der Waals surface area contributed by atoms with Crippen LogP contribution in [0.4, 0.5) is 0 Å². The van der Waals surface area contributed by atoms with Crippen LogP contribution < -0.4 is 5.32 Å². The van der Waals surface area contributed by atoms with Crippen LogP contribution in [0.1, 0.15) is 26.2 Å². The Hall–Kier alpha value is -0.120. The highest BCUT2D eigenvalue weighted by Crippen LogP contribution is 2.13. The molecule has 0 radical (unpaired) electrons. The molecular weight excluding hydrogens is 176 g/mol. The number of ether oxygens (including phenoxy) is 1. The SMILES string of the molecule is CCCN1CCC(OCCNC)CC1.